The molecule has 0 radical (unpaired) electrons. The van der Waals surface area contributed by atoms with Gasteiger partial charge in [-0.1, -0.05) is 24.1 Å². The quantitative estimate of drug-likeness (QED) is 0.753. The molecule has 1 atom stereocenters. The average Bonchev–Trinajstić information content (AvgIpc) is 3.02. The third-order valence-corrected chi connectivity index (χ3v) is 6.91. The first-order valence-electron chi connectivity index (χ1n) is 10.3. The second kappa shape index (κ2) is 8.05. The smallest absolute Gasteiger partial charge is 0.251 e. The Morgan fingerprint density at radius 3 is 2.38 bits per heavy atom. The van der Waals surface area contributed by atoms with E-state index in [1.807, 2.05) is 4.90 Å². The number of halogens is 1. The molecule has 3 aliphatic heterocycles. The zero-order valence-corrected chi connectivity index (χ0v) is 17.2. The number of likely N-dealkylation sites (tertiary alicyclic amines) is 2. The van der Waals surface area contributed by atoms with E-state index >= 15 is 0 Å². The maximum atomic E-state index is 13.0. The molecule has 29 heavy (non-hydrogen) atoms. The number of amides is 3. The van der Waals surface area contributed by atoms with Crippen molar-refractivity contribution in [3.63, 3.8) is 0 Å². The Bertz CT molecular complexity index is 816. The number of benzene rings is 1. The second-order valence-corrected chi connectivity index (χ2v) is 8.68. The molecule has 156 valence electrons. The summed E-state index contributed by atoms with van der Waals surface area (Å²) in [7, 11) is 0. The molecule has 0 aromatic heterocycles. The van der Waals surface area contributed by atoms with Crippen LogP contribution in [0.5, 0.6) is 0 Å². The van der Waals surface area contributed by atoms with Crippen molar-refractivity contribution in [3.05, 3.63) is 29.3 Å². The molecule has 4 rings (SSSR count). The van der Waals surface area contributed by atoms with Crippen molar-refractivity contribution in [2.45, 2.75) is 50.1 Å². The summed E-state index contributed by atoms with van der Waals surface area (Å²) < 4.78 is 0. The van der Waals surface area contributed by atoms with Crippen LogP contribution >= 0.6 is 11.6 Å². The van der Waals surface area contributed by atoms with E-state index in [2.05, 4.69) is 4.90 Å². The highest BCUT2D eigenvalue weighted by atomic mass is 35.5. The number of rotatable bonds is 4. The van der Waals surface area contributed by atoms with Crippen molar-refractivity contribution in [1.82, 2.24) is 9.80 Å². The maximum absolute atomic E-state index is 13.0. The third kappa shape index (κ3) is 3.67. The molecule has 8 heteroatoms. The van der Waals surface area contributed by atoms with E-state index in [-0.39, 0.29) is 24.1 Å². The highest BCUT2D eigenvalue weighted by Crippen LogP contribution is 2.34. The zero-order valence-electron chi connectivity index (χ0n) is 16.5. The van der Waals surface area contributed by atoms with Gasteiger partial charge in [-0.05, 0) is 57.0 Å². The van der Waals surface area contributed by atoms with Crippen LogP contribution in [0, 0.1) is 0 Å². The summed E-state index contributed by atoms with van der Waals surface area (Å²) in [6.07, 6.45) is 4.70. The molecule has 1 aromatic carbocycles. The van der Waals surface area contributed by atoms with Crippen molar-refractivity contribution in [2.24, 2.45) is 5.73 Å². The molecule has 3 aliphatic rings. The van der Waals surface area contributed by atoms with Crippen LogP contribution < -0.4 is 10.6 Å². The van der Waals surface area contributed by atoms with Gasteiger partial charge in [-0.25, -0.2) is 4.90 Å². The summed E-state index contributed by atoms with van der Waals surface area (Å²) in [5.74, 6) is -0.708. The van der Waals surface area contributed by atoms with Gasteiger partial charge in [0.15, 0.2) is 0 Å². The zero-order chi connectivity index (χ0) is 20.6. The molecule has 0 aliphatic carbocycles. The molecule has 3 amide bonds. The fourth-order valence-corrected chi connectivity index (χ4v) is 5.22. The van der Waals surface area contributed by atoms with Crippen molar-refractivity contribution in [2.75, 3.05) is 31.1 Å². The van der Waals surface area contributed by atoms with Gasteiger partial charge in [-0.2, -0.15) is 0 Å². The van der Waals surface area contributed by atoms with Gasteiger partial charge in [0.05, 0.1) is 18.2 Å². The first-order valence-corrected chi connectivity index (χ1v) is 10.7. The van der Waals surface area contributed by atoms with Crippen molar-refractivity contribution >= 4 is 35.0 Å². The number of imide groups is 1. The second-order valence-electron chi connectivity index (χ2n) is 8.25. The molecule has 7 nitrogen and oxygen atoms in total. The summed E-state index contributed by atoms with van der Waals surface area (Å²) in [5, 5.41) is 0.484. The monoisotopic (exact) mass is 418 g/mol. The topological polar surface area (TPSA) is 87.0 Å². The lowest BCUT2D eigenvalue weighted by Gasteiger charge is -2.48. The molecule has 1 aromatic rings. The Hall–Kier alpha value is -1.96. The van der Waals surface area contributed by atoms with Crippen LogP contribution in [0.3, 0.4) is 0 Å². The SMILES string of the molecule is NC(=O)C1(N2CCCCC2)CCN([C@@H]2CC(=O)N(c3cccc(Cl)c3)C2=O)CC1. The minimum atomic E-state index is -0.630. The average molecular weight is 419 g/mol. The van der Waals surface area contributed by atoms with Crippen LogP contribution in [-0.2, 0) is 14.4 Å². The first kappa shape index (κ1) is 20.3. The van der Waals surface area contributed by atoms with Crippen molar-refractivity contribution in [3.8, 4) is 0 Å². The summed E-state index contributed by atoms with van der Waals surface area (Å²) in [6, 6.07) is 6.29. The number of hydrogen-bond donors (Lipinski definition) is 1. The van der Waals surface area contributed by atoms with E-state index in [9.17, 15) is 14.4 Å². The lowest BCUT2D eigenvalue weighted by atomic mass is 9.83. The number of carbonyl (C=O) groups is 3. The lowest BCUT2D eigenvalue weighted by Crippen LogP contribution is -2.64. The van der Waals surface area contributed by atoms with Gasteiger partial charge in [0.2, 0.25) is 11.8 Å². The summed E-state index contributed by atoms with van der Waals surface area (Å²) in [6.45, 7) is 2.94. The molecular weight excluding hydrogens is 392 g/mol. The van der Waals surface area contributed by atoms with E-state index in [1.165, 1.54) is 11.3 Å². The number of nitrogens with two attached hydrogens (primary N) is 1. The third-order valence-electron chi connectivity index (χ3n) is 6.68. The number of piperidine rings is 2. The number of hydrogen-bond acceptors (Lipinski definition) is 5. The van der Waals surface area contributed by atoms with Crippen molar-refractivity contribution in [1.29, 1.82) is 0 Å². The van der Waals surface area contributed by atoms with Crippen LogP contribution in [-0.4, -0.2) is 65.3 Å². The summed E-state index contributed by atoms with van der Waals surface area (Å²) >= 11 is 6.03. The number of carbonyl (C=O) groups excluding carboxylic acids is 3. The van der Waals surface area contributed by atoms with Gasteiger partial charge in [-0.3, -0.25) is 24.2 Å². The minimum absolute atomic E-state index is 0.151. The fourth-order valence-electron chi connectivity index (χ4n) is 5.03. The molecular formula is C21H27ClN4O3. The van der Waals surface area contributed by atoms with Crippen molar-refractivity contribution < 1.29 is 14.4 Å². The van der Waals surface area contributed by atoms with E-state index in [0.717, 1.165) is 25.9 Å². The fraction of sp³-hybridized carbons (Fsp3) is 0.571. The van der Waals surface area contributed by atoms with E-state index in [0.29, 0.717) is 36.6 Å². The van der Waals surface area contributed by atoms with E-state index in [1.54, 1.807) is 24.3 Å². The minimum Gasteiger partial charge on any atom is -0.368 e. The predicted molar refractivity (Wildman–Crippen MR) is 111 cm³/mol. The van der Waals surface area contributed by atoms with Crippen LogP contribution in [0.1, 0.15) is 38.5 Å². The molecule has 0 unspecified atom stereocenters. The Labute approximate surface area is 175 Å². The van der Waals surface area contributed by atoms with Crippen LogP contribution in [0.15, 0.2) is 24.3 Å². The number of nitrogens with zero attached hydrogens (tertiary/aromatic N) is 3. The highest BCUT2D eigenvalue weighted by molar-refractivity contribution is 6.31. The van der Waals surface area contributed by atoms with E-state index < -0.39 is 11.6 Å². The molecule has 2 N–H and O–H groups in total. The molecule has 0 bridgehead atoms. The van der Waals surface area contributed by atoms with Gasteiger partial charge < -0.3 is 5.73 Å². The maximum Gasteiger partial charge on any atom is 0.251 e. The van der Waals surface area contributed by atoms with Crippen LogP contribution in [0.4, 0.5) is 5.69 Å². The Balaban J connectivity index is 1.47. The normalized spacial score (nSPS) is 26.1. The van der Waals surface area contributed by atoms with Gasteiger partial charge in [0.25, 0.3) is 5.91 Å². The molecule has 0 spiro atoms. The van der Waals surface area contributed by atoms with Crippen LogP contribution in [0.25, 0.3) is 0 Å². The summed E-state index contributed by atoms with van der Waals surface area (Å²) in [4.78, 5) is 43.6. The Morgan fingerprint density at radius 2 is 1.76 bits per heavy atom. The van der Waals surface area contributed by atoms with Gasteiger partial charge in [-0.15, -0.1) is 0 Å². The summed E-state index contributed by atoms with van der Waals surface area (Å²) in [5.41, 5.74) is 5.73. The van der Waals surface area contributed by atoms with E-state index in [4.69, 9.17) is 17.3 Å². The predicted octanol–water partition coefficient (Wildman–Crippen LogP) is 1.78. The molecule has 3 saturated heterocycles. The number of anilines is 1. The van der Waals surface area contributed by atoms with Gasteiger partial charge in [0, 0.05) is 18.1 Å². The molecule has 0 saturated carbocycles. The molecule has 3 heterocycles. The first-order chi connectivity index (χ1) is 13.9. The standard InChI is InChI=1S/C21H27ClN4O3/c22-15-5-4-6-16(13-15)26-18(27)14-17(19(26)28)24-11-7-21(8-12-24,20(23)29)25-9-2-1-3-10-25/h4-6,13,17H,1-3,7-12,14H2,(H2,23,29)/t17-/m1/s1. The Morgan fingerprint density at radius 1 is 1.07 bits per heavy atom. The largest absolute Gasteiger partial charge is 0.368 e. The van der Waals surface area contributed by atoms with Gasteiger partial charge in [0.1, 0.15) is 5.54 Å². The van der Waals surface area contributed by atoms with Gasteiger partial charge >= 0.3 is 0 Å². The van der Waals surface area contributed by atoms with Crippen LogP contribution in [0.2, 0.25) is 5.02 Å². The lowest BCUT2D eigenvalue weighted by molar-refractivity contribution is -0.136. The Kier molecular flexibility index (Phi) is 5.64. The highest BCUT2D eigenvalue weighted by Gasteiger charge is 2.49. The number of primary amides is 1. The molecule has 3 fully saturated rings.